The zero-order chi connectivity index (χ0) is 16.9. The summed E-state index contributed by atoms with van der Waals surface area (Å²) in [4.78, 5) is 14.4. The van der Waals surface area contributed by atoms with Crippen LogP contribution in [0.5, 0.6) is 0 Å². The number of hydrogen-bond acceptors (Lipinski definition) is 2. The first kappa shape index (κ1) is 17.4. The zero-order valence-electron chi connectivity index (χ0n) is 14.8. The Bertz CT molecular complexity index is 549. The molecule has 2 rings (SSSR count). The summed E-state index contributed by atoms with van der Waals surface area (Å²) in [6.07, 6.45) is 5.64. The van der Waals surface area contributed by atoms with Gasteiger partial charge in [-0.15, -0.1) is 0 Å². The van der Waals surface area contributed by atoms with E-state index in [-0.39, 0.29) is 11.4 Å². The maximum atomic E-state index is 12.0. The van der Waals surface area contributed by atoms with E-state index in [0.717, 1.165) is 24.4 Å². The molecule has 0 spiro atoms. The number of benzene rings is 1. The zero-order valence-corrected chi connectivity index (χ0v) is 14.8. The van der Waals surface area contributed by atoms with Gasteiger partial charge in [0.2, 0.25) is 0 Å². The molecule has 0 saturated carbocycles. The molecule has 126 valence electrons. The first-order valence-electron chi connectivity index (χ1n) is 8.46. The average Bonchev–Trinajstić information content (AvgIpc) is 2.53. The molecule has 1 saturated heterocycles. The van der Waals surface area contributed by atoms with E-state index >= 15 is 0 Å². The lowest BCUT2D eigenvalue weighted by Gasteiger charge is -2.28. The summed E-state index contributed by atoms with van der Waals surface area (Å²) >= 11 is 0. The topological polar surface area (TPSA) is 44.4 Å². The Labute approximate surface area is 140 Å². The SMILES string of the molecule is C/C(=C\NC(=O)Nc1ccc(N2CCCCC2)cc1)C(C)(C)C. The summed E-state index contributed by atoms with van der Waals surface area (Å²) < 4.78 is 0. The standard InChI is InChI=1S/C19H29N3O/c1-15(19(2,3)4)14-20-18(23)21-16-8-10-17(11-9-16)22-12-6-5-7-13-22/h8-11,14H,5-7,12-13H2,1-4H3,(H2,20,21,23)/b15-14+. The Hall–Kier alpha value is -1.97. The lowest BCUT2D eigenvalue weighted by atomic mass is 9.88. The Morgan fingerprint density at radius 3 is 2.26 bits per heavy atom. The van der Waals surface area contributed by atoms with Gasteiger partial charge in [0.05, 0.1) is 0 Å². The monoisotopic (exact) mass is 315 g/mol. The number of carbonyl (C=O) groups excluding carboxylic acids is 1. The highest BCUT2D eigenvalue weighted by Crippen LogP contribution is 2.24. The van der Waals surface area contributed by atoms with Gasteiger partial charge >= 0.3 is 6.03 Å². The van der Waals surface area contributed by atoms with Crippen molar-refractivity contribution in [3.63, 3.8) is 0 Å². The minimum atomic E-state index is -0.209. The van der Waals surface area contributed by atoms with Gasteiger partial charge in [-0.25, -0.2) is 4.79 Å². The van der Waals surface area contributed by atoms with Crippen molar-refractivity contribution in [3.8, 4) is 0 Å². The van der Waals surface area contributed by atoms with E-state index in [1.807, 2.05) is 19.1 Å². The van der Waals surface area contributed by atoms with E-state index in [9.17, 15) is 4.79 Å². The van der Waals surface area contributed by atoms with Crippen LogP contribution >= 0.6 is 0 Å². The highest BCUT2D eigenvalue weighted by atomic mass is 16.2. The van der Waals surface area contributed by atoms with E-state index in [1.165, 1.54) is 24.9 Å². The predicted molar refractivity (Wildman–Crippen MR) is 97.9 cm³/mol. The third-order valence-electron chi connectivity index (χ3n) is 4.45. The quantitative estimate of drug-likeness (QED) is 0.845. The van der Waals surface area contributed by atoms with Gasteiger partial charge in [-0.2, -0.15) is 0 Å². The van der Waals surface area contributed by atoms with Crippen molar-refractivity contribution in [2.45, 2.75) is 47.0 Å². The molecule has 2 amide bonds. The Balaban J connectivity index is 1.89. The Morgan fingerprint density at radius 1 is 1.09 bits per heavy atom. The van der Waals surface area contributed by atoms with Gasteiger partial charge in [-0.3, -0.25) is 0 Å². The molecule has 0 unspecified atom stereocenters. The summed E-state index contributed by atoms with van der Waals surface area (Å²) in [6.45, 7) is 10.6. The number of hydrogen-bond donors (Lipinski definition) is 2. The van der Waals surface area contributed by atoms with Crippen molar-refractivity contribution in [2.24, 2.45) is 5.41 Å². The van der Waals surface area contributed by atoms with Crippen molar-refractivity contribution in [1.29, 1.82) is 0 Å². The van der Waals surface area contributed by atoms with E-state index < -0.39 is 0 Å². The molecule has 2 N–H and O–H groups in total. The second-order valence-corrected chi connectivity index (χ2v) is 7.27. The van der Waals surface area contributed by atoms with E-state index in [2.05, 4.69) is 48.4 Å². The van der Waals surface area contributed by atoms with Crippen molar-refractivity contribution in [2.75, 3.05) is 23.3 Å². The van der Waals surface area contributed by atoms with E-state index in [4.69, 9.17) is 0 Å². The van der Waals surface area contributed by atoms with Crippen LogP contribution in [-0.4, -0.2) is 19.1 Å². The second kappa shape index (κ2) is 7.53. The number of allylic oxidation sites excluding steroid dienone is 1. The van der Waals surface area contributed by atoms with Crippen LogP contribution in [0.15, 0.2) is 36.0 Å². The van der Waals surface area contributed by atoms with Gasteiger partial charge in [-0.1, -0.05) is 26.3 Å². The highest BCUT2D eigenvalue weighted by Gasteiger charge is 2.13. The largest absolute Gasteiger partial charge is 0.372 e. The molecule has 0 bridgehead atoms. The lowest BCUT2D eigenvalue weighted by molar-refractivity contribution is 0.255. The maximum Gasteiger partial charge on any atom is 0.323 e. The molecule has 0 aliphatic carbocycles. The molecule has 0 radical (unpaired) electrons. The number of anilines is 2. The van der Waals surface area contributed by atoms with E-state index in [1.54, 1.807) is 6.20 Å². The number of nitrogens with zero attached hydrogens (tertiary/aromatic N) is 1. The van der Waals surface area contributed by atoms with Crippen molar-refractivity contribution in [1.82, 2.24) is 5.32 Å². The normalized spacial score (nSPS) is 16.2. The van der Waals surface area contributed by atoms with Gasteiger partial charge in [0, 0.05) is 30.7 Å². The number of urea groups is 1. The van der Waals surface area contributed by atoms with Crippen LogP contribution in [0.1, 0.15) is 47.0 Å². The minimum Gasteiger partial charge on any atom is -0.372 e. The van der Waals surface area contributed by atoms with Crippen LogP contribution in [0.2, 0.25) is 0 Å². The molecule has 0 atom stereocenters. The number of carbonyl (C=O) groups is 1. The molecular formula is C19H29N3O. The molecule has 1 aromatic rings. The molecule has 1 aliphatic heterocycles. The molecule has 4 heteroatoms. The molecule has 1 heterocycles. The Kier molecular flexibility index (Phi) is 5.69. The summed E-state index contributed by atoms with van der Waals surface area (Å²) in [6, 6.07) is 7.88. The van der Waals surface area contributed by atoms with E-state index in [0.29, 0.717) is 0 Å². The van der Waals surface area contributed by atoms with Gasteiger partial charge in [-0.05, 0) is 55.9 Å². The number of amides is 2. The summed E-state index contributed by atoms with van der Waals surface area (Å²) in [5, 5.41) is 5.66. The summed E-state index contributed by atoms with van der Waals surface area (Å²) in [5.41, 5.74) is 3.24. The molecule has 4 nitrogen and oxygen atoms in total. The summed E-state index contributed by atoms with van der Waals surface area (Å²) in [7, 11) is 0. The first-order valence-corrected chi connectivity index (χ1v) is 8.46. The third-order valence-corrected chi connectivity index (χ3v) is 4.45. The fourth-order valence-corrected chi connectivity index (χ4v) is 2.47. The lowest BCUT2D eigenvalue weighted by Crippen LogP contribution is -2.29. The molecule has 23 heavy (non-hydrogen) atoms. The molecule has 1 fully saturated rings. The highest BCUT2D eigenvalue weighted by molar-refractivity contribution is 5.90. The van der Waals surface area contributed by atoms with Crippen molar-refractivity contribution in [3.05, 3.63) is 36.0 Å². The van der Waals surface area contributed by atoms with Gasteiger partial charge in [0.25, 0.3) is 0 Å². The first-order chi connectivity index (χ1) is 10.9. The van der Waals surface area contributed by atoms with Crippen LogP contribution in [0.4, 0.5) is 16.2 Å². The average molecular weight is 315 g/mol. The predicted octanol–water partition coefficient (Wildman–Crippen LogP) is 4.75. The van der Waals surface area contributed by atoms with Crippen LogP contribution < -0.4 is 15.5 Å². The van der Waals surface area contributed by atoms with Crippen LogP contribution in [0.3, 0.4) is 0 Å². The third kappa shape index (κ3) is 5.31. The van der Waals surface area contributed by atoms with Gasteiger partial charge in [0.1, 0.15) is 0 Å². The molecule has 0 aromatic heterocycles. The number of piperidine rings is 1. The van der Waals surface area contributed by atoms with Crippen LogP contribution in [0, 0.1) is 5.41 Å². The fourth-order valence-electron chi connectivity index (χ4n) is 2.47. The molecule has 1 aromatic carbocycles. The van der Waals surface area contributed by atoms with Crippen molar-refractivity contribution >= 4 is 17.4 Å². The number of nitrogens with one attached hydrogen (secondary N) is 2. The fraction of sp³-hybridized carbons (Fsp3) is 0.526. The molecular weight excluding hydrogens is 286 g/mol. The smallest absolute Gasteiger partial charge is 0.323 e. The summed E-state index contributed by atoms with van der Waals surface area (Å²) in [5.74, 6) is 0. The van der Waals surface area contributed by atoms with Gasteiger partial charge in [0.15, 0.2) is 0 Å². The molecule has 1 aliphatic rings. The second-order valence-electron chi connectivity index (χ2n) is 7.27. The maximum absolute atomic E-state index is 12.0. The van der Waals surface area contributed by atoms with Crippen molar-refractivity contribution < 1.29 is 4.79 Å². The van der Waals surface area contributed by atoms with Crippen LogP contribution in [0.25, 0.3) is 0 Å². The van der Waals surface area contributed by atoms with Gasteiger partial charge < -0.3 is 15.5 Å². The minimum absolute atomic E-state index is 0.0589. The number of rotatable bonds is 3. The van der Waals surface area contributed by atoms with Crippen LogP contribution in [-0.2, 0) is 0 Å². The Morgan fingerprint density at radius 2 is 1.70 bits per heavy atom.